The fraction of sp³-hybridized carbons (Fsp3) is 0.312. The summed E-state index contributed by atoms with van der Waals surface area (Å²) in [6.45, 7) is 0.947. The molecule has 1 amide bonds. The second-order valence-corrected chi connectivity index (χ2v) is 5.35. The van der Waals surface area contributed by atoms with E-state index in [9.17, 15) is 22.8 Å². The molecule has 0 fully saturated rings. The number of aromatic nitrogens is 2. The van der Waals surface area contributed by atoms with Crippen LogP contribution in [0.5, 0.6) is 0 Å². The zero-order valence-corrected chi connectivity index (χ0v) is 13.7. The summed E-state index contributed by atoms with van der Waals surface area (Å²) >= 11 is 0. The Morgan fingerprint density at radius 1 is 1.27 bits per heavy atom. The van der Waals surface area contributed by atoms with E-state index in [0.29, 0.717) is 4.68 Å². The van der Waals surface area contributed by atoms with Crippen LogP contribution in [-0.2, 0) is 15.7 Å². The van der Waals surface area contributed by atoms with Gasteiger partial charge in [-0.1, -0.05) is 17.7 Å². The number of aliphatic carboxylic acids is 1. The quantitative estimate of drug-likeness (QED) is 0.727. The number of carboxylic acids is 1. The maximum Gasteiger partial charge on any atom is 0.434 e. The van der Waals surface area contributed by atoms with Gasteiger partial charge < -0.3 is 15.2 Å². The molecule has 0 aliphatic rings. The number of halogens is 3. The average Bonchev–Trinajstić information content (AvgIpc) is 3.00. The van der Waals surface area contributed by atoms with Crippen LogP contribution in [0.25, 0.3) is 5.69 Å². The molecule has 26 heavy (non-hydrogen) atoms. The number of rotatable bonds is 7. The van der Waals surface area contributed by atoms with Crippen LogP contribution >= 0.6 is 0 Å². The Kier molecular flexibility index (Phi) is 5.98. The first-order valence-corrected chi connectivity index (χ1v) is 7.50. The molecule has 1 heterocycles. The Hall–Kier alpha value is -2.88. The topological polar surface area (TPSA) is 93.5 Å². The van der Waals surface area contributed by atoms with Gasteiger partial charge in [-0.3, -0.25) is 4.79 Å². The van der Waals surface area contributed by atoms with Crippen molar-refractivity contribution in [1.29, 1.82) is 0 Å². The van der Waals surface area contributed by atoms with Crippen LogP contribution in [0.4, 0.5) is 13.2 Å². The zero-order chi connectivity index (χ0) is 19.3. The van der Waals surface area contributed by atoms with E-state index in [1.807, 2.05) is 0 Å². The van der Waals surface area contributed by atoms with Crippen LogP contribution in [-0.4, -0.2) is 46.5 Å². The summed E-state index contributed by atoms with van der Waals surface area (Å²) in [5, 5.41) is 14.4. The Morgan fingerprint density at radius 2 is 1.92 bits per heavy atom. The fourth-order valence-corrected chi connectivity index (χ4v) is 2.16. The number of nitrogens with zero attached hydrogens (tertiary/aromatic N) is 2. The third-order valence-electron chi connectivity index (χ3n) is 3.32. The monoisotopic (exact) mass is 371 g/mol. The molecule has 2 aromatic rings. The van der Waals surface area contributed by atoms with Crippen molar-refractivity contribution in [2.24, 2.45) is 0 Å². The molecule has 0 radical (unpaired) electrons. The van der Waals surface area contributed by atoms with Crippen molar-refractivity contribution >= 4 is 11.9 Å². The molecule has 0 spiro atoms. The molecular formula is C16H16F3N3O4. The van der Waals surface area contributed by atoms with Crippen LogP contribution in [0.15, 0.2) is 30.5 Å². The lowest BCUT2D eigenvalue weighted by Crippen LogP contribution is -2.30. The highest BCUT2D eigenvalue weighted by atomic mass is 19.4. The first kappa shape index (κ1) is 19.4. The van der Waals surface area contributed by atoms with Gasteiger partial charge in [-0.15, -0.1) is 0 Å². The number of carbonyl (C=O) groups excluding carboxylic acids is 1. The molecule has 0 unspecified atom stereocenters. The van der Waals surface area contributed by atoms with Crippen LogP contribution in [0.2, 0.25) is 0 Å². The number of amides is 1. The molecule has 0 saturated heterocycles. The van der Waals surface area contributed by atoms with Crippen molar-refractivity contribution < 1.29 is 32.6 Å². The number of carboxylic acid groups (broad SMARTS) is 1. The predicted molar refractivity (Wildman–Crippen MR) is 84.1 cm³/mol. The SMILES string of the molecule is Cc1ccc(-n2ncc(C(=O)NCCOCC(=O)O)c2C(F)(F)F)cc1. The molecule has 7 nitrogen and oxygen atoms in total. The Labute approximate surface area is 146 Å². The number of benzene rings is 1. The van der Waals surface area contributed by atoms with Crippen LogP contribution in [0.1, 0.15) is 21.6 Å². The van der Waals surface area contributed by atoms with Gasteiger partial charge in [0.15, 0.2) is 5.69 Å². The summed E-state index contributed by atoms with van der Waals surface area (Å²) in [5.41, 5.74) is -0.776. The van der Waals surface area contributed by atoms with E-state index in [-0.39, 0.29) is 18.8 Å². The fourth-order valence-electron chi connectivity index (χ4n) is 2.16. The summed E-state index contributed by atoms with van der Waals surface area (Å²) < 4.78 is 45.8. The third-order valence-corrected chi connectivity index (χ3v) is 3.32. The minimum Gasteiger partial charge on any atom is -0.480 e. The molecule has 10 heteroatoms. The molecule has 1 aromatic heterocycles. The standard InChI is InChI=1S/C16H16F3N3O4/c1-10-2-4-11(5-3-10)22-14(16(17,18)19)12(8-21-22)15(25)20-6-7-26-9-13(23)24/h2-5,8H,6-7,9H2,1H3,(H,20,25)(H,23,24). The summed E-state index contributed by atoms with van der Waals surface area (Å²) in [7, 11) is 0. The maximum atomic E-state index is 13.5. The van der Waals surface area contributed by atoms with E-state index in [4.69, 9.17) is 9.84 Å². The molecule has 2 rings (SSSR count). The first-order chi connectivity index (χ1) is 12.2. The van der Waals surface area contributed by atoms with Gasteiger partial charge in [0.2, 0.25) is 0 Å². The number of hydrogen-bond acceptors (Lipinski definition) is 4. The van der Waals surface area contributed by atoms with Crippen LogP contribution < -0.4 is 5.32 Å². The molecule has 0 aliphatic carbocycles. The van der Waals surface area contributed by atoms with Gasteiger partial charge in [-0.2, -0.15) is 18.3 Å². The summed E-state index contributed by atoms with van der Waals surface area (Å²) in [6.07, 6.45) is -3.95. The van der Waals surface area contributed by atoms with Crippen molar-refractivity contribution in [2.75, 3.05) is 19.8 Å². The molecular weight excluding hydrogens is 355 g/mol. The van der Waals surface area contributed by atoms with Gasteiger partial charge in [-0.05, 0) is 19.1 Å². The number of nitrogens with one attached hydrogen (secondary N) is 1. The number of carbonyl (C=O) groups is 2. The second-order valence-electron chi connectivity index (χ2n) is 5.35. The minimum absolute atomic E-state index is 0.140. The molecule has 0 atom stereocenters. The molecule has 140 valence electrons. The van der Waals surface area contributed by atoms with Gasteiger partial charge in [-0.25, -0.2) is 9.48 Å². The van der Waals surface area contributed by atoms with Gasteiger partial charge in [0, 0.05) is 6.54 Å². The minimum atomic E-state index is -4.80. The van der Waals surface area contributed by atoms with Gasteiger partial charge in [0.05, 0.1) is 24.1 Å². The van der Waals surface area contributed by atoms with E-state index in [2.05, 4.69) is 10.4 Å². The van der Waals surface area contributed by atoms with E-state index >= 15 is 0 Å². The largest absolute Gasteiger partial charge is 0.480 e. The second kappa shape index (κ2) is 8.00. The normalized spacial score (nSPS) is 11.4. The smallest absolute Gasteiger partial charge is 0.434 e. The molecule has 0 aliphatic heterocycles. The van der Waals surface area contributed by atoms with Crippen LogP contribution in [0.3, 0.4) is 0 Å². The number of hydrogen-bond donors (Lipinski definition) is 2. The lowest BCUT2D eigenvalue weighted by molar-refractivity contribution is -0.143. The number of alkyl halides is 3. The van der Waals surface area contributed by atoms with Crippen molar-refractivity contribution in [3.63, 3.8) is 0 Å². The highest BCUT2D eigenvalue weighted by Gasteiger charge is 2.40. The van der Waals surface area contributed by atoms with Gasteiger partial charge in [0.1, 0.15) is 6.61 Å². The number of ether oxygens (including phenoxy) is 1. The Balaban J connectivity index is 2.19. The van der Waals surface area contributed by atoms with E-state index in [1.165, 1.54) is 12.1 Å². The Bertz CT molecular complexity index is 785. The maximum absolute atomic E-state index is 13.5. The average molecular weight is 371 g/mol. The predicted octanol–water partition coefficient (Wildman–Crippen LogP) is 2.03. The lowest BCUT2D eigenvalue weighted by atomic mass is 10.2. The van der Waals surface area contributed by atoms with Crippen molar-refractivity contribution in [2.45, 2.75) is 13.1 Å². The lowest BCUT2D eigenvalue weighted by Gasteiger charge is -2.13. The molecule has 0 saturated carbocycles. The molecule has 1 aromatic carbocycles. The first-order valence-electron chi connectivity index (χ1n) is 7.50. The third kappa shape index (κ3) is 4.82. The molecule has 0 bridgehead atoms. The van der Waals surface area contributed by atoms with Gasteiger partial charge in [0.25, 0.3) is 5.91 Å². The van der Waals surface area contributed by atoms with E-state index < -0.39 is 35.9 Å². The summed E-state index contributed by atoms with van der Waals surface area (Å²) in [5.74, 6) is -2.16. The van der Waals surface area contributed by atoms with Gasteiger partial charge >= 0.3 is 12.1 Å². The van der Waals surface area contributed by atoms with Crippen molar-refractivity contribution in [3.05, 3.63) is 47.3 Å². The number of aryl methyl sites for hydroxylation is 1. The zero-order valence-electron chi connectivity index (χ0n) is 13.7. The van der Waals surface area contributed by atoms with Crippen molar-refractivity contribution in [1.82, 2.24) is 15.1 Å². The highest BCUT2D eigenvalue weighted by Crippen LogP contribution is 2.33. The van der Waals surface area contributed by atoms with Crippen LogP contribution in [0, 0.1) is 6.92 Å². The molecule has 2 N–H and O–H groups in total. The van der Waals surface area contributed by atoms with E-state index in [1.54, 1.807) is 19.1 Å². The summed E-state index contributed by atoms with van der Waals surface area (Å²) in [6, 6.07) is 6.21. The van der Waals surface area contributed by atoms with E-state index in [0.717, 1.165) is 11.8 Å². The summed E-state index contributed by atoms with van der Waals surface area (Å²) in [4.78, 5) is 22.4. The van der Waals surface area contributed by atoms with Crippen molar-refractivity contribution in [3.8, 4) is 5.69 Å². The Morgan fingerprint density at radius 3 is 2.50 bits per heavy atom. The highest BCUT2D eigenvalue weighted by molar-refractivity contribution is 5.95.